The third kappa shape index (κ3) is 3.72. The lowest BCUT2D eigenvalue weighted by Crippen LogP contribution is -2.29. The minimum atomic E-state index is 0.797. The highest BCUT2D eigenvalue weighted by molar-refractivity contribution is 5.28. The predicted molar refractivity (Wildman–Crippen MR) is 87.3 cm³/mol. The number of aryl methyl sites for hydroxylation is 3. The first-order valence-electron chi connectivity index (χ1n) is 8.35. The maximum Gasteiger partial charge on any atom is 0.171 e. The molecule has 0 N–H and O–H groups in total. The van der Waals surface area contributed by atoms with E-state index in [0.29, 0.717) is 0 Å². The van der Waals surface area contributed by atoms with Crippen molar-refractivity contribution in [2.75, 3.05) is 0 Å². The molecule has 0 bridgehead atoms. The van der Waals surface area contributed by atoms with E-state index in [1.807, 2.05) is 0 Å². The van der Waals surface area contributed by atoms with Crippen molar-refractivity contribution >= 4 is 0 Å². The molecule has 1 aliphatic rings. The monoisotopic (exact) mass is 280 g/mol. The van der Waals surface area contributed by atoms with E-state index in [2.05, 4.69) is 60.4 Å². The van der Waals surface area contributed by atoms with E-state index < -0.39 is 0 Å². The molecule has 1 heteroatoms. The smallest absolute Gasteiger partial charge is 0.171 e. The van der Waals surface area contributed by atoms with Gasteiger partial charge >= 0.3 is 0 Å². The molecule has 3 rings (SSSR count). The van der Waals surface area contributed by atoms with Crippen LogP contribution in [0.25, 0.3) is 0 Å². The topological polar surface area (TPSA) is 3.88 Å². The molecule has 2 aromatic rings. The maximum absolute atomic E-state index is 2.36. The highest BCUT2D eigenvalue weighted by atomic mass is 14.9. The number of benzene rings is 1. The molecule has 0 amide bonds. The average molecular weight is 280 g/mol. The van der Waals surface area contributed by atoms with Crippen molar-refractivity contribution in [3.63, 3.8) is 0 Å². The summed E-state index contributed by atoms with van der Waals surface area (Å²) in [4.78, 5) is 0. The number of pyridine rings is 1. The molecular weight excluding hydrogens is 254 g/mol. The van der Waals surface area contributed by atoms with Gasteiger partial charge in [-0.05, 0) is 55.6 Å². The Morgan fingerprint density at radius 2 is 1.95 bits per heavy atom. The van der Waals surface area contributed by atoms with Crippen LogP contribution in [0.1, 0.15) is 54.7 Å². The van der Waals surface area contributed by atoms with Crippen LogP contribution in [0.5, 0.6) is 0 Å². The van der Waals surface area contributed by atoms with Gasteiger partial charge in [0.15, 0.2) is 12.4 Å². The lowest BCUT2D eigenvalue weighted by molar-refractivity contribution is -0.672. The number of nitrogens with zero attached hydrogens (tertiary/aromatic N) is 1. The van der Waals surface area contributed by atoms with Crippen molar-refractivity contribution in [1.82, 2.24) is 0 Å². The van der Waals surface area contributed by atoms with Gasteiger partial charge in [0.2, 0.25) is 0 Å². The van der Waals surface area contributed by atoms with Gasteiger partial charge in [-0.1, -0.05) is 36.8 Å². The van der Waals surface area contributed by atoms with Crippen molar-refractivity contribution < 1.29 is 4.57 Å². The fourth-order valence-electron chi connectivity index (χ4n) is 3.63. The largest absolute Gasteiger partial charge is 0.208 e. The molecule has 1 unspecified atom stereocenters. The molecular formula is C20H26N+. The summed E-state index contributed by atoms with van der Waals surface area (Å²) >= 11 is 0. The van der Waals surface area contributed by atoms with E-state index in [1.54, 1.807) is 11.1 Å². The minimum absolute atomic E-state index is 0.797. The Hall–Kier alpha value is -1.63. The maximum atomic E-state index is 2.36. The van der Waals surface area contributed by atoms with Crippen LogP contribution in [-0.2, 0) is 19.9 Å². The van der Waals surface area contributed by atoms with Gasteiger partial charge in [-0.3, -0.25) is 0 Å². The first-order valence-corrected chi connectivity index (χ1v) is 8.35. The molecule has 0 aliphatic heterocycles. The van der Waals surface area contributed by atoms with Gasteiger partial charge in [0, 0.05) is 11.6 Å². The van der Waals surface area contributed by atoms with Crippen molar-refractivity contribution in [2.45, 2.75) is 50.9 Å². The van der Waals surface area contributed by atoms with E-state index in [4.69, 9.17) is 0 Å². The quantitative estimate of drug-likeness (QED) is 0.566. The summed E-state index contributed by atoms with van der Waals surface area (Å²) in [6.07, 6.45) is 13.8. The zero-order chi connectivity index (χ0) is 14.5. The summed E-state index contributed by atoms with van der Waals surface area (Å²) in [6.45, 7) is 0. The van der Waals surface area contributed by atoms with Gasteiger partial charge in [0.1, 0.15) is 7.05 Å². The molecule has 1 atom stereocenters. The molecule has 0 radical (unpaired) electrons. The van der Waals surface area contributed by atoms with Crippen LogP contribution in [0.3, 0.4) is 0 Å². The van der Waals surface area contributed by atoms with E-state index in [-0.39, 0.29) is 0 Å². The number of rotatable bonds is 5. The van der Waals surface area contributed by atoms with Crippen molar-refractivity contribution in [3.05, 3.63) is 65.5 Å². The molecule has 0 saturated carbocycles. The van der Waals surface area contributed by atoms with Crippen LogP contribution < -0.4 is 4.57 Å². The highest BCUT2D eigenvalue weighted by Gasteiger charge is 2.21. The fraction of sp³-hybridized carbons (Fsp3) is 0.450. The number of hydrogen-bond acceptors (Lipinski definition) is 0. The third-order valence-corrected chi connectivity index (χ3v) is 4.77. The van der Waals surface area contributed by atoms with Gasteiger partial charge in [-0.25, -0.2) is 4.57 Å². The van der Waals surface area contributed by atoms with Crippen LogP contribution in [0.4, 0.5) is 0 Å². The molecule has 1 aromatic heterocycles. The summed E-state index contributed by atoms with van der Waals surface area (Å²) in [5, 5.41) is 0. The second-order valence-electron chi connectivity index (χ2n) is 6.41. The van der Waals surface area contributed by atoms with Gasteiger partial charge in [-0.15, -0.1) is 0 Å². The van der Waals surface area contributed by atoms with E-state index in [1.165, 1.54) is 50.5 Å². The lowest BCUT2D eigenvalue weighted by Gasteiger charge is -2.24. The number of hydrogen-bond donors (Lipinski definition) is 0. The number of aromatic nitrogens is 1. The molecule has 1 heterocycles. The predicted octanol–water partition coefficient (Wildman–Crippen LogP) is 4.34. The van der Waals surface area contributed by atoms with Crippen LogP contribution in [0.2, 0.25) is 0 Å². The summed E-state index contributed by atoms with van der Waals surface area (Å²) in [5.41, 5.74) is 4.69. The first-order chi connectivity index (χ1) is 10.3. The second-order valence-corrected chi connectivity index (χ2v) is 6.41. The Balaban J connectivity index is 1.53. The summed E-state index contributed by atoms with van der Waals surface area (Å²) in [6, 6.07) is 13.2. The summed E-state index contributed by atoms with van der Waals surface area (Å²) in [5.74, 6) is 0.797. The fourth-order valence-corrected chi connectivity index (χ4v) is 3.63. The van der Waals surface area contributed by atoms with Crippen molar-refractivity contribution in [3.8, 4) is 0 Å². The molecule has 21 heavy (non-hydrogen) atoms. The summed E-state index contributed by atoms with van der Waals surface area (Å²) in [7, 11) is 2.13. The van der Waals surface area contributed by atoms with Crippen molar-refractivity contribution in [2.24, 2.45) is 7.05 Å². The molecule has 1 nitrogen and oxygen atoms in total. The number of unbranched alkanes of at least 4 members (excludes halogenated alkanes) is 1. The van der Waals surface area contributed by atoms with Crippen LogP contribution in [0.15, 0.2) is 48.8 Å². The van der Waals surface area contributed by atoms with Gasteiger partial charge in [0.05, 0.1) is 0 Å². The van der Waals surface area contributed by atoms with Gasteiger partial charge in [0.25, 0.3) is 0 Å². The highest BCUT2D eigenvalue weighted by Crippen LogP contribution is 2.34. The minimum Gasteiger partial charge on any atom is -0.208 e. The van der Waals surface area contributed by atoms with E-state index in [0.717, 1.165) is 5.92 Å². The molecule has 0 saturated heterocycles. The zero-order valence-corrected chi connectivity index (χ0v) is 13.1. The molecule has 0 fully saturated rings. The Morgan fingerprint density at radius 3 is 2.81 bits per heavy atom. The lowest BCUT2D eigenvalue weighted by atomic mass is 9.81. The molecule has 1 aromatic carbocycles. The average Bonchev–Trinajstić information content (AvgIpc) is 2.52. The third-order valence-electron chi connectivity index (χ3n) is 4.77. The Morgan fingerprint density at radius 1 is 1.10 bits per heavy atom. The Kier molecular flexibility index (Phi) is 4.69. The van der Waals surface area contributed by atoms with Crippen molar-refractivity contribution in [1.29, 1.82) is 0 Å². The first kappa shape index (κ1) is 14.3. The van der Waals surface area contributed by atoms with E-state index >= 15 is 0 Å². The molecule has 1 aliphatic carbocycles. The SMILES string of the molecule is C[n+]1ccc2c(c1)CCCC2CCCCc1ccccc1. The van der Waals surface area contributed by atoms with Crippen LogP contribution in [-0.4, -0.2) is 0 Å². The summed E-state index contributed by atoms with van der Waals surface area (Å²) < 4.78 is 2.19. The second kappa shape index (κ2) is 6.89. The molecule has 0 spiro atoms. The van der Waals surface area contributed by atoms with Gasteiger partial charge < -0.3 is 0 Å². The van der Waals surface area contributed by atoms with Gasteiger partial charge in [-0.2, -0.15) is 0 Å². The van der Waals surface area contributed by atoms with Crippen LogP contribution >= 0.6 is 0 Å². The van der Waals surface area contributed by atoms with Crippen LogP contribution in [0, 0.1) is 0 Å². The number of fused-ring (bicyclic) bond motifs is 1. The zero-order valence-electron chi connectivity index (χ0n) is 13.1. The standard InChI is InChI=1S/C20H26N/c1-21-15-14-20-18(12-7-13-19(20)16-21)11-6-5-10-17-8-3-2-4-9-17/h2-4,8-9,14-16,18H,5-7,10-13H2,1H3/q+1. The Bertz CT molecular complexity index is 574. The Labute approximate surface area is 128 Å². The normalized spacial score (nSPS) is 17.5. The molecule has 110 valence electrons. The van der Waals surface area contributed by atoms with E-state index in [9.17, 15) is 0 Å².